The smallest absolute Gasteiger partial charge is 0.143 e. The van der Waals surface area contributed by atoms with Gasteiger partial charge in [-0.3, -0.25) is 5.01 Å². The van der Waals surface area contributed by atoms with Gasteiger partial charge in [0.05, 0.1) is 11.4 Å². The van der Waals surface area contributed by atoms with E-state index in [4.69, 9.17) is 10.8 Å². The van der Waals surface area contributed by atoms with E-state index >= 15 is 0 Å². The maximum atomic E-state index is 6.47. The molecule has 0 bridgehead atoms. The molecular weight excluding hydrogens is 332 g/mol. The van der Waals surface area contributed by atoms with E-state index in [1.54, 1.807) is 5.01 Å². The summed E-state index contributed by atoms with van der Waals surface area (Å²) in [5, 5.41) is 5.15. The molecule has 1 unspecified atom stereocenters. The molecule has 138 valence electrons. The van der Waals surface area contributed by atoms with Crippen molar-refractivity contribution in [1.82, 2.24) is 10.3 Å². The van der Waals surface area contributed by atoms with Crippen LogP contribution in [0.25, 0.3) is 5.70 Å². The first kappa shape index (κ1) is 17.7. The first-order valence-electron chi connectivity index (χ1n) is 9.68. The molecule has 0 aromatic heterocycles. The minimum Gasteiger partial charge on any atom is -0.316 e. The summed E-state index contributed by atoms with van der Waals surface area (Å²) in [6.45, 7) is 2.27. The maximum absolute atomic E-state index is 6.47. The fourth-order valence-electron chi connectivity index (χ4n) is 3.67. The lowest BCUT2D eigenvalue weighted by molar-refractivity contribution is 0.495. The van der Waals surface area contributed by atoms with Crippen molar-refractivity contribution in [1.29, 1.82) is 0 Å². The first-order chi connectivity index (χ1) is 13.3. The van der Waals surface area contributed by atoms with E-state index in [0.29, 0.717) is 0 Å². The number of nitrogens with one attached hydrogen (secondary N) is 1. The number of nitrogens with two attached hydrogens (primary N) is 1. The molecule has 2 aromatic carbocycles. The second-order valence-electron chi connectivity index (χ2n) is 7.13. The number of hydrogen-bond donors (Lipinski definition) is 2. The summed E-state index contributed by atoms with van der Waals surface area (Å²) in [7, 11) is 0. The normalized spacial score (nSPS) is 21.3. The van der Waals surface area contributed by atoms with Crippen LogP contribution in [0, 0.1) is 5.92 Å². The first-order valence-corrected chi connectivity index (χ1v) is 9.68. The number of allylic oxidation sites excluding steroid dienone is 2. The number of rotatable bonds is 5. The topological polar surface area (TPSA) is 53.6 Å². The van der Waals surface area contributed by atoms with Crippen LogP contribution in [0.4, 0.5) is 0 Å². The minimum atomic E-state index is 0.762. The summed E-state index contributed by atoms with van der Waals surface area (Å²) in [4.78, 5) is 4.86. The van der Waals surface area contributed by atoms with Crippen molar-refractivity contribution < 1.29 is 0 Å². The van der Waals surface area contributed by atoms with E-state index in [9.17, 15) is 0 Å². The van der Waals surface area contributed by atoms with Crippen molar-refractivity contribution in [2.45, 2.75) is 19.3 Å². The van der Waals surface area contributed by atoms with Gasteiger partial charge in [-0.25, -0.2) is 10.8 Å². The zero-order chi connectivity index (χ0) is 18.5. The standard InChI is InChI=1S/C23H26N4/c24-27-22(20-11-5-2-6-12-20)16-21(19-9-3-1-4-10-19)26-23(27)13-7-8-18-14-15-25-17-18/h1-6,9-13,16,18,25H,7-8,14-15,17,24H2/b23-13-. The highest BCUT2D eigenvalue weighted by Crippen LogP contribution is 2.27. The number of aliphatic imine (C=N–C) groups is 1. The molecule has 0 amide bonds. The molecule has 2 heterocycles. The van der Waals surface area contributed by atoms with E-state index in [1.807, 2.05) is 36.4 Å². The average molecular weight is 358 g/mol. The van der Waals surface area contributed by atoms with Crippen molar-refractivity contribution in [2.75, 3.05) is 13.1 Å². The number of hydrogen-bond acceptors (Lipinski definition) is 4. The molecule has 4 nitrogen and oxygen atoms in total. The predicted molar refractivity (Wildman–Crippen MR) is 112 cm³/mol. The van der Waals surface area contributed by atoms with Gasteiger partial charge in [0, 0.05) is 5.56 Å². The fraction of sp³-hybridized carbons (Fsp3) is 0.261. The van der Waals surface area contributed by atoms with E-state index in [0.717, 1.165) is 53.8 Å². The highest BCUT2D eigenvalue weighted by molar-refractivity contribution is 6.13. The van der Waals surface area contributed by atoms with Crippen LogP contribution < -0.4 is 11.2 Å². The highest BCUT2D eigenvalue weighted by Gasteiger charge is 2.20. The third-order valence-electron chi connectivity index (χ3n) is 5.22. The number of benzene rings is 2. The van der Waals surface area contributed by atoms with Crippen LogP contribution in [0.2, 0.25) is 0 Å². The van der Waals surface area contributed by atoms with Gasteiger partial charge < -0.3 is 5.32 Å². The average Bonchev–Trinajstić information content (AvgIpc) is 3.24. The summed E-state index contributed by atoms with van der Waals surface area (Å²) in [5.74, 6) is 8.05. The molecule has 0 saturated carbocycles. The van der Waals surface area contributed by atoms with Gasteiger partial charge in [0.2, 0.25) is 0 Å². The van der Waals surface area contributed by atoms with Crippen LogP contribution in [0.1, 0.15) is 30.4 Å². The van der Waals surface area contributed by atoms with Gasteiger partial charge in [0.1, 0.15) is 5.82 Å². The molecule has 27 heavy (non-hydrogen) atoms. The molecule has 2 aromatic rings. The van der Waals surface area contributed by atoms with Gasteiger partial charge in [-0.1, -0.05) is 60.7 Å². The van der Waals surface area contributed by atoms with Gasteiger partial charge >= 0.3 is 0 Å². The molecule has 1 saturated heterocycles. The Balaban J connectivity index is 1.64. The van der Waals surface area contributed by atoms with E-state index < -0.39 is 0 Å². The molecular formula is C23H26N4. The highest BCUT2D eigenvalue weighted by atomic mass is 15.5. The Morgan fingerprint density at radius 3 is 2.41 bits per heavy atom. The summed E-state index contributed by atoms with van der Waals surface area (Å²) in [5.41, 5.74) is 4.11. The largest absolute Gasteiger partial charge is 0.316 e. The Kier molecular flexibility index (Phi) is 5.47. The molecule has 0 aliphatic carbocycles. The molecule has 0 spiro atoms. The lowest BCUT2D eigenvalue weighted by atomic mass is 10.0. The Morgan fingerprint density at radius 2 is 1.74 bits per heavy atom. The molecule has 4 rings (SSSR count). The van der Waals surface area contributed by atoms with E-state index in [-0.39, 0.29) is 0 Å². The Labute approximate surface area is 161 Å². The third-order valence-corrected chi connectivity index (χ3v) is 5.22. The summed E-state index contributed by atoms with van der Waals surface area (Å²) in [6, 6.07) is 20.5. The van der Waals surface area contributed by atoms with Gasteiger partial charge in [0.25, 0.3) is 0 Å². The molecule has 3 N–H and O–H groups in total. The zero-order valence-electron chi connectivity index (χ0n) is 15.5. The van der Waals surface area contributed by atoms with E-state index in [1.165, 1.54) is 12.8 Å². The lowest BCUT2D eigenvalue weighted by Crippen LogP contribution is -2.31. The Bertz CT molecular complexity index is 846. The summed E-state index contributed by atoms with van der Waals surface area (Å²) in [6.07, 6.45) is 7.68. The molecule has 0 radical (unpaired) electrons. The lowest BCUT2D eigenvalue weighted by Gasteiger charge is -2.27. The van der Waals surface area contributed by atoms with Gasteiger partial charge in [0.15, 0.2) is 0 Å². The third kappa shape index (κ3) is 4.18. The molecule has 2 aliphatic heterocycles. The predicted octanol–water partition coefficient (Wildman–Crippen LogP) is 3.94. The number of hydrazine groups is 1. The summed E-state index contributed by atoms with van der Waals surface area (Å²) < 4.78 is 0. The van der Waals surface area contributed by atoms with Gasteiger partial charge in [-0.2, -0.15) is 0 Å². The van der Waals surface area contributed by atoms with Crippen molar-refractivity contribution in [3.8, 4) is 0 Å². The SMILES string of the molecule is NN1C(c2ccccc2)=CC(c2ccccc2)=N/C1=C/CCC1CCNC1. The fourth-order valence-corrected chi connectivity index (χ4v) is 3.67. The van der Waals surface area contributed by atoms with Crippen molar-refractivity contribution in [2.24, 2.45) is 16.8 Å². The second-order valence-corrected chi connectivity index (χ2v) is 7.13. The van der Waals surface area contributed by atoms with Crippen molar-refractivity contribution in [3.05, 3.63) is 89.8 Å². The van der Waals surface area contributed by atoms with Crippen molar-refractivity contribution in [3.63, 3.8) is 0 Å². The van der Waals surface area contributed by atoms with Crippen molar-refractivity contribution >= 4 is 11.4 Å². The maximum Gasteiger partial charge on any atom is 0.143 e. The van der Waals surface area contributed by atoms with Gasteiger partial charge in [-0.15, -0.1) is 0 Å². The van der Waals surface area contributed by atoms with E-state index in [2.05, 4.69) is 41.7 Å². The monoisotopic (exact) mass is 358 g/mol. The minimum absolute atomic E-state index is 0.762. The van der Waals surface area contributed by atoms with Gasteiger partial charge in [-0.05, 0) is 56.0 Å². The molecule has 1 fully saturated rings. The second kappa shape index (κ2) is 8.33. The molecule has 1 atom stereocenters. The van der Waals surface area contributed by atoms with Crippen LogP contribution >= 0.6 is 0 Å². The van der Waals surface area contributed by atoms with Crippen LogP contribution in [0.5, 0.6) is 0 Å². The zero-order valence-corrected chi connectivity index (χ0v) is 15.5. The molecule has 4 heteroatoms. The molecule has 2 aliphatic rings. The number of nitrogens with zero attached hydrogens (tertiary/aromatic N) is 2. The van der Waals surface area contributed by atoms with Crippen LogP contribution in [0.3, 0.4) is 0 Å². The Hall–Kier alpha value is -2.69. The Morgan fingerprint density at radius 1 is 1.04 bits per heavy atom. The van der Waals surface area contributed by atoms with Crippen LogP contribution in [0.15, 0.2) is 83.6 Å². The van der Waals surface area contributed by atoms with Crippen LogP contribution in [-0.4, -0.2) is 23.8 Å². The van der Waals surface area contributed by atoms with Crippen LogP contribution in [-0.2, 0) is 0 Å². The summed E-state index contributed by atoms with van der Waals surface area (Å²) >= 11 is 0. The quantitative estimate of drug-likeness (QED) is 0.796.